The zero-order valence-electron chi connectivity index (χ0n) is 16.5. The first-order chi connectivity index (χ1) is 15.4. The lowest BCUT2D eigenvalue weighted by molar-refractivity contribution is -0.756. The SMILES string of the molecule is O=C(N=C([O-])Cc1ccccc1Nc1c(Cl)cccc1Cl)OCCSSCCO[N+](=O)[O-]. The maximum Gasteiger partial charge on any atom is 0.432 e. The number of carbonyl (C=O) groups excluding carboxylic acids is 1. The molecule has 2 aromatic carbocycles. The number of ether oxygens (including phenoxy) is 1. The number of para-hydroxylation sites is 2. The van der Waals surface area contributed by atoms with Crippen LogP contribution in [0.2, 0.25) is 10.0 Å². The van der Waals surface area contributed by atoms with Crippen LogP contribution in [0, 0.1) is 10.1 Å². The van der Waals surface area contributed by atoms with Crippen LogP contribution >= 0.6 is 44.8 Å². The second-order valence-electron chi connectivity index (χ2n) is 5.88. The number of nitrogens with zero attached hydrogens (tertiary/aromatic N) is 2. The number of benzene rings is 2. The first-order valence-corrected chi connectivity index (χ1v) is 12.3. The standard InChI is InChI=1S/C19H19Cl2N3O6S2/c20-14-5-3-6-15(21)18(14)22-16-7-2-1-4-13(16)12-17(25)23-19(26)29-8-10-31-32-11-9-30-24(27)28/h1-7,22H,8-12H2,(H,23,25,26)/p-1. The third kappa shape index (κ3) is 9.43. The van der Waals surface area contributed by atoms with Crippen molar-refractivity contribution in [1.82, 2.24) is 0 Å². The van der Waals surface area contributed by atoms with Gasteiger partial charge in [-0.2, -0.15) is 4.99 Å². The van der Waals surface area contributed by atoms with Gasteiger partial charge in [-0.1, -0.05) is 69.1 Å². The van der Waals surface area contributed by atoms with Crippen molar-refractivity contribution in [1.29, 1.82) is 0 Å². The number of nitrogens with one attached hydrogen (secondary N) is 1. The van der Waals surface area contributed by atoms with Crippen molar-refractivity contribution in [2.45, 2.75) is 6.42 Å². The zero-order valence-corrected chi connectivity index (χ0v) is 19.6. The van der Waals surface area contributed by atoms with E-state index in [0.717, 1.165) is 0 Å². The molecule has 0 saturated heterocycles. The Kier molecular flexibility index (Phi) is 11.3. The number of hydrogen-bond donors (Lipinski definition) is 1. The highest BCUT2D eigenvalue weighted by molar-refractivity contribution is 8.76. The van der Waals surface area contributed by atoms with Crippen molar-refractivity contribution in [3.8, 4) is 0 Å². The van der Waals surface area contributed by atoms with Crippen LogP contribution < -0.4 is 10.4 Å². The van der Waals surface area contributed by atoms with Gasteiger partial charge in [0.15, 0.2) is 0 Å². The lowest BCUT2D eigenvalue weighted by atomic mass is 10.1. The molecule has 13 heteroatoms. The zero-order chi connectivity index (χ0) is 23.3. The van der Waals surface area contributed by atoms with Crippen LogP contribution in [0.5, 0.6) is 0 Å². The average molecular weight is 519 g/mol. The van der Waals surface area contributed by atoms with E-state index in [9.17, 15) is 20.0 Å². The van der Waals surface area contributed by atoms with E-state index >= 15 is 0 Å². The first-order valence-electron chi connectivity index (χ1n) is 9.09. The van der Waals surface area contributed by atoms with Gasteiger partial charge in [0, 0.05) is 23.6 Å². The van der Waals surface area contributed by atoms with E-state index in [2.05, 4.69) is 15.1 Å². The van der Waals surface area contributed by atoms with Gasteiger partial charge in [0.25, 0.3) is 5.09 Å². The minimum Gasteiger partial charge on any atom is -0.861 e. The fraction of sp³-hybridized carbons (Fsp3) is 0.263. The largest absolute Gasteiger partial charge is 0.861 e. The molecule has 0 bridgehead atoms. The maximum atomic E-state index is 12.2. The summed E-state index contributed by atoms with van der Waals surface area (Å²) in [5.74, 6) is 0.188. The smallest absolute Gasteiger partial charge is 0.432 e. The van der Waals surface area contributed by atoms with Crippen molar-refractivity contribution in [3.05, 3.63) is 68.2 Å². The second kappa shape index (κ2) is 13.9. The third-order valence-corrected chi connectivity index (χ3v) is 6.60. The summed E-state index contributed by atoms with van der Waals surface area (Å²) in [5, 5.41) is 25.3. The number of amides is 1. The molecule has 32 heavy (non-hydrogen) atoms. The van der Waals surface area contributed by atoms with Crippen molar-refractivity contribution in [2.75, 3.05) is 30.0 Å². The van der Waals surface area contributed by atoms with Gasteiger partial charge < -0.3 is 20.0 Å². The Hall–Kier alpha value is -2.34. The van der Waals surface area contributed by atoms with Gasteiger partial charge in [-0.05, 0) is 29.7 Å². The molecule has 0 heterocycles. The summed E-state index contributed by atoms with van der Waals surface area (Å²) in [6.07, 6.45) is -1.10. The summed E-state index contributed by atoms with van der Waals surface area (Å²) >= 11 is 12.4. The van der Waals surface area contributed by atoms with E-state index in [-0.39, 0.29) is 19.6 Å². The minimum absolute atomic E-state index is 0.0205. The van der Waals surface area contributed by atoms with Crippen LogP contribution in [0.4, 0.5) is 16.2 Å². The Morgan fingerprint density at radius 1 is 1.06 bits per heavy atom. The summed E-state index contributed by atoms with van der Waals surface area (Å²) in [6.45, 7) is 0.0276. The number of halogens is 2. The molecular weight excluding hydrogens is 501 g/mol. The number of anilines is 2. The van der Waals surface area contributed by atoms with E-state index < -0.39 is 17.1 Å². The van der Waals surface area contributed by atoms with Crippen molar-refractivity contribution >= 4 is 68.2 Å². The van der Waals surface area contributed by atoms with E-state index in [0.29, 0.717) is 38.5 Å². The molecule has 0 aromatic heterocycles. The number of rotatable bonds is 12. The molecule has 0 aliphatic rings. The van der Waals surface area contributed by atoms with Crippen LogP contribution in [-0.4, -0.2) is 41.8 Å². The predicted octanol–water partition coefficient (Wildman–Crippen LogP) is 4.76. The number of carbonyl (C=O) groups is 1. The van der Waals surface area contributed by atoms with Gasteiger partial charge in [0.05, 0.1) is 15.7 Å². The van der Waals surface area contributed by atoms with E-state index in [1.165, 1.54) is 21.6 Å². The van der Waals surface area contributed by atoms with Crippen LogP contribution in [0.25, 0.3) is 0 Å². The van der Waals surface area contributed by atoms with Gasteiger partial charge in [0.1, 0.15) is 13.2 Å². The molecule has 1 amide bonds. The summed E-state index contributed by atoms with van der Waals surface area (Å²) < 4.78 is 4.90. The summed E-state index contributed by atoms with van der Waals surface area (Å²) in [4.78, 5) is 29.3. The Morgan fingerprint density at radius 2 is 1.72 bits per heavy atom. The normalized spacial score (nSPS) is 11.1. The van der Waals surface area contributed by atoms with Crippen molar-refractivity contribution in [2.24, 2.45) is 4.99 Å². The molecule has 9 nitrogen and oxygen atoms in total. The highest BCUT2D eigenvalue weighted by Crippen LogP contribution is 2.33. The quantitative estimate of drug-likeness (QED) is 0.105. The van der Waals surface area contributed by atoms with Crippen LogP contribution in [-0.2, 0) is 16.0 Å². The monoisotopic (exact) mass is 518 g/mol. The average Bonchev–Trinajstić information content (AvgIpc) is 2.73. The van der Waals surface area contributed by atoms with Gasteiger partial charge in [0.2, 0.25) is 0 Å². The Balaban J connectivity index is 1.82. The molecule has 2 rings (SSSR count). The van der Waals surface area contributed by atoms with Gasteiger partial charge >= 0.3 is 6.09 Å². The van der Waals surface area contributed by atoms with Gasteiger partial charge in [-0.3, -0.25) is 0 Å². The number of aliphatic imine (C=N–C) groups is 1. The molecule has 0 spiro atoms. The maximum absolute atomic E-state index is 12.2. The molecule has 0 saturated carbocycles. The van der Waals surface area contributed by atoms with E-state index in [1.54, 1.807) is 42.5 Å². The van der Waals surface area contributed by atoms with Crippen LogP contribution in [0.1, 0.15) is 5.56 Å². The minimum atomic E-state index is -0.975. The third-order valence-electron chi connectivity index (χ3n) is 3.64. The fourth-order valence-corrected chi connectivity index (χ4v) is 4.45. The van der Waals surface area contributed by atoms with Crippen molar-refractivity contribution in [3.63, 3.8) is 0 Å². The molecule has 0 radical (unpaired) electrons. The van der Waals surface area contributed by atoms with Gasteiger partial charge in [-0.25, -0.2) is 4.79 Å². The molecule has 0 atom stereocenters. The highest BCUT2D eigenvalue weighted by Gasteiger charge is 2.09. The molecule has 1 N–H and O–H groups in total. The second-order valence-corrected chi connectivity index (χ2v) is 9.39. The number of hydrogen-bond acceptors (Lipinski definition) is 9. The molecule has 0 unspecified atom stereocenters. The summed E-state index contributed by atoms with van der Waals surface area (Å²) in [5.41, 5.74) is 1.72. The molecule has 0 fully saturated rings. The molecule has 0 aliphatic carbocycles. The molecular formula is C19H18Cl2N3O6S2-. The first kappa shape index (κ1) is 25.9. The molecule has 2 aromatic rings. The highest BCUT2D eigenvalue weighted by atomic mass is 35.5. The summed E-state index contributed by atoms with van der Waals surface area (Å²) in [7, 11) is 2.69. The Bertz CT molecular complexity index is 944. The van der Waals surface area contributed by atoms with Crippen LogP contribution in [0.3, 0.4) is 0 Å². The Morgan fingerprint density at radius 3 is 2.41 bits per heavy atom. The Labute approximate surface area is 202 Å². The van der Waals surface area contributed by atoms with E-state index in [4.69, 9.17) is 27.9 Å². The van der Waals surface area contributed by atoms with E-state index in [1.807, 2.05) is 0 Å². The molecule has 172 valence electrons. The fourth-order valence-electron chi connectivity index (χ4n) is 2.31. The topological polar surface area (TPSA) is 126 Å². The summed E-state index contributed by atoms with van der Waals surface area (Å²) in [6, 6.07) is 12.1. The van der Waals surface area contributed by atoms with Crippen LogP contribution in [0.15, 0.2) is 47.5 Å². The lowest BCUT2D eigenvalue weighted by Gasteiger charge is -2.16. The predicted molar refractivity (Wildman–Crippen MR) is 127 cm³/mol. The van der Waals surface area contributed by atoms with Gasteiger partial charge in [-0.15, -0.1) is 10.1 Å². The van der Waals surface area contributed by atoms with Crippen molar-refractivity contribution < 1.29 is 24.6 Å². The molecule has 0 aliphatic heterocycles. The lowest BCUT2D eigenvalue weighted by Crippen LogP contribution is -2.23.